The lowest BCUT2D eigenvalue weighted by Gasteiger charge is -2.28. The van der Waals surface area contributed by atoms with Crippen molar-refractivity contribution in [3.63, 3.8) is 0 Å². The van der Waals surface area contributed by atoms with Crippen LogP contribution in [0.25, 0.3) is 10.9 Å². The van der Waals surface area contributed by atoms with Crippen molar-refractivity contribution >= 4 is 34.3 Å². The Kier molecular flexibility index (Phi) is 6.67. The molecule has 2 amide bonds. The number of amides is 2. The van der Waals surface area contributed by atoms with Crippen LogP contribution in [0.15, 0.2) is 24.3 Å². The zero-order chi connectivity index (χ0) is 21.6. The van der Waals surface area contributed by atoms with Gasteiger partial charge >= 0.3 is 0 Å². The molecule has 0 bridgehead atoms. The summed E-state index contributed by atoms with van der Waals surface area (Å²) in [5, 5.41) is 14.8. The van der Waals surface area contributed by atoms with Crippen molar-refractivity contribution in [3.05, 3.63) is 35.0 Å². The van der Waals surface area contributed by atoms with E-state index in [1.54, 1.807) is 31.2 Å². The van der Waals surface area contributed by atoms with Gasteiger partial charge in [0.15, 0.2) is 11.9 Å². The van der Waals surface area contributed by atoms with Crippen molar-refractivity contribution in [2.45, 2.75) is 64.8 Å². The second kappa shape index (κ2) is 8.78. The highest BCUT2D eigenvalue weighted by atomic mass is 35.5. The van der Waals surface area contributed by atoms with E-state index in [1.807, 2.05) is 13.8 Å². The molecule has 170 valence electrons. The minimum atomic E-state index is -1.36. The molecule has 0 aliphatic carbocycles. The number of nitrogens with one attached hydrogen (secondary N) is 2. The van der Waals surface area contributed by atoms with E-state index >= 15 is 0 Å². The first kappa shape index (κ1) is 23.5. The summed E-state index contributed by atoms with van der Waals surface area (Å²) in [5.41, 5.74) is 1.12. The molecular weight excluding hydrogens is 422 g/mol. The van der Waals surface area contributed by atoms with Crippen molar-refractivity contribution < 1.29 is 24.2 Å². The van der Waals surface area contributed by atoms with Gasteiger partial charge in [0, 0.05) is 29.0 Å². The fourth-order valence-corrected chi connectivity index (χ4v) is 4.32. The fraction of sp³-hybridized carbons (Fsp3) is 0.545. The van der Waals surface area contributed by atoms with Gasteiger partial charge in [-0.3, -0.25) is 9.59 Å². The van der Waals surface area contributed by atoms with Crippen LogP contribution in [0.2, 0.25) is 5.02 Å². The molecule has 2 saturated heterocycles. The summed E-state index contributed by atoms with van der Waals surface area (Å²) in [5.74, 6) is -1.50. The van der Waals surface area contributed by atoms with Crippen LogP contribution in [-0.4, -0.2) is 70.0 Å². The molecule has 8 nitrogen and oxygen atoms in total. The molecule has 2 fully saturated rings. The number of hydrogen-bond donors (Lipinski definition) is 3. The molecule has 0 spiro atoms. The molecule has 3 heterocycles. The van der Waals surface area contributed by atoms with Crippen molar-refractivity contribution in [2.24, 2.45) is 0 Å². The second-order valence-electron chi connectivity index (χ2n) is 8.30. The van der Waals surface area contributed by atoms with Gasteiger partial charge in [0.2, 0.25) is 0 Å². The predicted molar refractivity (Wildman–Crippen MR) is 118 cm³/mol. The standard InChI is InChI=1S/C21H26ClN3O5.CH4/c1-4-13(24-19(27)15-8-11-7-12(22)5-6-14(11)23-15)18(26)20(28)25-9-16-17(10-25)30-21(2,3)29-16;/h5-8,13,16-18,23,26H,4,9-10H2,1-3H3,(H,24,27);1H4/t13-,16-,17+,18+;/m0./s1. The van der Waals surface area contributed by atoms with Crippen LogP contribution in [0.4, 0.5) is 0 Å². The number of rotatable bonds is 5. The highest BCUT2D eigenvalue weighted by Gasteiger charge is 2.49. The average molecular weight is 452 g/mol. The summed E-state index contributed by atoms with van der Waals surface area (Å²) in [4.78, 5) is 30.1. The van der Waals surface area contributed by atoms with Gasteiger partial charge in [-0.1, -0.05) is 26.0 Å². The molecule has 9 heteroatoms. The van der Waals surface area contributed by atoms with Crippen LogP contribution in [-0.2, 0) is 14.3 Å². The van der Waals surface area contributed by atoms with E-state index in [4.69, 9.17) is 21.1 Å². The summed E-state index contributed by atoms with van der Waals surface area (Å²) in [6, 6.07) is 6.25. The molecule has 3 N–H and O–H groups in total. The van der Waals surface area contributed by atoms with Gasteiger partial charge < -0.3 is 29.8 Å². The third-order valence-electron chi connectivity index (χ3n) is 5.62. The number of carbonyl (C=O) groups excluding carboxylic acids is 2. The Morgan fingerprint density at radius 1 is 1.29 bits per heavy atom. The number of aliphatic hydroxyl groups excluding tert-OH is 1. The predicted octanol–water partition coefficient (Wildman–Crippen LogP) is 2.69. The van der Waals surface area contributed by atoms with E-state index in [0.717, 1.165) is 10.9 Å². The maximum absolute atomic E-state index is 12.8. The fourth-order valence-electron chi connectivity index (χ4n) is 4.14. The van der Waals surface area contributed by atoms with Gasteiger partial charge in [-0.25, -0.2) is 0 Å². The zero-order valence-corrected chi connectivity index (χ0v) is 17.9. The molecular formula is C22H30ClN3O5. The number of H-pyrrole nitrogens is 1. The van der Waals surface area contributed by atoms with Crippen molar-refractivity contribution in [1.82, 2.24) is 15.2 Å². The van der Waals surface area contributed by atoms with Crippen LogP contribution in [0, 0.1) is 0 Å². The van der Waals surface area contributed by atoms with Crippen LogP contribution in [0.1, 0.15) is 45.1 Å². The lowest BCUT2D eigenvalue weighted by Crippen LogP contribution is -2.51. The quantitative estimate of drug-likeness (QED) is 0.648. The molecule has 2 aliphatic rings. The van der Waals surface area contributed by atoms with E-state index in [9.17, 15) is 14.7 Å². The van der Waals surface area contributed by atoms with Crippen molar-refractivity contribution in [3.8, 4) is 0 Å². The molecule has 4 rings (SSSR count). The number of ether oxygens (including phenoxy) is 2. The average Bonchev–Trinajstić information content (AvgIpc) is 3.34. The number of aromatic nitrogens is 1. The topological polar surface area (TPSA) is 104 Å². The first-order valence-electron chi connectivity index (χ1n) is 10.1. The lowest BCUT2D eigenvalue weighted by atomic mass is 10.1. The minimum Gasteiger partial charge on any atom is -0.381 e. The smallest absolute Gasteiger partial charge is 0.268 e. The summed E-state index contributed by atoms with van der Waals surface area (Å²) >= 11 is 6.00. The normalized spacial score (nSPS) is 23.8. The number of benzene rings is 1. The number of fused-ring (bicyclic) bond motifs is 2. The van der Waals surface area contributed by atoms with Gasteiger partial charge in [0.25, 0.3) is 11.8 Å². The number of hydrogen-bond acceptors (Lipinski definition) is 5. The minimum absolute atomic E-state index is 0. The zero-order valence-electron chi connectivity index (χ0n) is 17.1. The Morgan fingerprint density at radius 3 is 2.55 bits per heavy atom. The summed E-state index contributed by atoms with van der Waals surface area (Å²) in [6.45, 7) is 6.20. The highest BCUT2D eigenvalue weighted by molar-refractivity contribution is 6.31. The van der Waals surface area contributed by atoms with Gasteiger partial charge in [0.1, 0.15) is 17.9 Å². The Balaban J connectivity index is 0.00000272. The largest absolute Gasteiger partial charge is 0.381 e. The van der Waals surface area contributed by atoms with Crippen LogP contribution >= 0.6 is 11.6 Å². The third-order valence-corrected chi connectivity index (χ3v) is 5.85. The van der Waals surface area contributed by atoms with E-state index in [-0.39, 0.29) is 19.6 Å². The first-order chi connectivity index (χ1) is 14.2. The number of carbonyl (C=O) groups is 2. The number of aromatic amines is 1. The van der Waals surface area contributed by atoms with E-state index < -0.39 is 29.7 Å². The Hall–Kier alpha value is -2.13. The van der Waals surface area contributed by atoms with E-state index in [1.165, 1.54) is 4.90 Å². The molecule has 2 aliphatic heterocycles. The molecule has 31 heavy (non-hydrogen) atoms. The van der Waals surface area contributed by atoms with Crippen LogP contribution in [0.5, 0.6) is 0 Å². The molecule has 1 aromatic heterocycles. The van der Waals surface area contributed by atoms with E-state index in [2.05, 4.69) is 10.3 Å². The maximum atomic E-state index is 12.8. The van der Waals surface area contributed by atoms with Gasteiger partial charge in [0.05, 0.1) is 6.04 Å². The third kappa shape index (κ3) is 4.72. The maximum Gasteiger partial charge on any atom is 0.268 e. The van der Waals surface area contributed by atoms with Gasteiger partial charge in [-0.2, -0.15) is 0 Å². The Bertz CT molecular complexity index is 959. The molecule has 1 aromatic carbocycles. The first-order valence-corrected chi connectivity index (χ1v) is 10.5. The molecule has 0 saturated carbocycles. The summed E-state index contributed by atoms with van der Waals surface area (Å²) in [7, 11) is 0. The second-order valence-corrected chi connectivity index (χ2v) is 8.74. The molecule has 4 atom stereocenters. The molecule has 0 unspecified atom stereocenters. The number of nitrogens with zero attached hydrogens (tertiary/aromatic N) is 1. The van der Waals surface area contributed by atoms with Gasteiger partial charge in [-0.05, 0) is 44.5 Å². The molecule has 2 aromatic rings. The van der Waals surface area contributed by atoms with Crippen LogP contribution in [0.3, 0.4) is 0 Å². The van der Waals surface area contributed by atoms with Crippen LogP contribution < -0.4 is 5.32 Å². The lowest BCUT2D eigenvalue weighted by molar-refractivity contribution is -0.163. The Morgan fingerprint density at radius 2 is 1.94 bits per heavy atom. The SMILES string of the molecule is C.CC[C@H](NC(=O)c1cc2cc(Cl)ccc2[nH]1)[C@@H](O)C(=O)N1C[C@@H]2OC(C)(C)O[C@@H]2C1. The number of halogens is 1. The monoisotopic (exact) mass is 451 g/mol. The van der Waals surface area contributed by atoms with Gasteiger partial charge in [-0.15, -0.1) is 0 Å². The van der Waals surface area contributed by atoms with E-state index in [0.29, 0.717) is 30.2 Å². The number of likely N-dealkylation sites (tertiary alicyclic amines) is 1. The van der Waals surface area contributed by atoms with Crippen molar-refractivity contribution in [1.29, 1.82) is 0 Å². The van der Waals surface area contributed by atoms with Crippen molar-refractivity contribution in [2.75, 3.05) is 13.1 Å². The molecule has 0 radical (unpaired) electrons. The summed E-state index contributed by atoms with van der Waals surface area (Å²) in [6.07, 6.45) is -1.37. The summed E-state index contributed by atoms with van der Waals surface area (Å²) < 4.78 is 11.6. The Labute approximate surface area is 186 Å². The highest BCUT2D eigenvalue weighted by Crippen LogP contribution is 2.33. The number of aliphatic hydroxyl groups is 1.